The number of thioether (sulfide) groups is 1. The van der Waals surface area contributed by atoms with E-state index in [4.69, 9.17) is 11.6 Å². The molecule has 0 aliphatic carbocycles. The molecule has 26 heavy (non-hydrogen) atoms. The van der Waals surface area contributed by atoms with Gasteiger partial charge < -0.3 is 0 Å². The molecule has 7 heteroatoms. The van der Waals surface area contributed by atoms with Crippen molar-refractivity contribution in [1.82, 2.24) is 0 Å². The third-order valence-electron chi connectivity index (χ3n) is 3.56. The lowest BCUT2D eigenvalue weighted by atomic mass is 10.2. The Bertz CT molecular complexity index is 991. The van der Waals surface area contributed by atoms with Crippen molar-refractivity contribution >= 4 is 39.1 Å². The Hall–Kier alpha value is -2.02. The van der Waals surface area contributed by atoms with Gasteiger partial charge in [-0.25, -0.2) is 12.8 Å². The van der Waals surface area contributed by atoms with E-state index in [1.54, 1.807) is 12.1 Å². The number of rotatable bonds is 6. The number of halogens is 2. The van der Waals surface area contributed by atoms with Gasteiger partial charge in [0.25, 0.3) is 10.0 Å². The summed E-state index contributed by atoms with van der Waals surface area (Å²) >= 11 is 7.40. The molecule has 3 aromatic carbocycles. The summed E-state index contributed by atoms with van der Waals surface area (Å²) in [5.74, 6) is 0.190. The Morgan fingerprint density at radius 2 is 1.58 bits per heavy atom. The van der Waals surface area contributed by atoms with Crippen molar-refractivity contribution in [2.45, 2.75) is 15.5 Å². The van der Waals surface area contributed by atoms with E-state index >= 15 is 0 Å². The smallest absolute Gasteiger partial charge is 0.261 e. The Kier molecular flexibility index (Phi) is 5.86. The highest BCUT2D eigenvalue weighted by atomic mass is 35.5. The fraction of sp³-hybridized carbons (Fsp3) is 0.0526. The normalized spacial score (nSPS) is 11.3. The quantitative estimate of drug-likeness (QED) is 0.543. The molecule has 0 spiro atoms. The van der Waals surface area contributed by atoms with Crippen LogP contribution in [-0.4, -0.2) is 8.42 Å². The molecule has 3 aromatic rings. The number of sulfonamides is 1. The highest BCUT2D eigenvalue weighted by molar-refractivity contribution is 7.98. The van der Waals surface area contributed by atoms with Crippen LogP contribution in [-0.2, 0) is 15.8 Å². The first-order valence-corrected chi connectivity index (χ1v) is 10.5. The Morgan fingerprint density at radius 1 is 0.923 bits per heavy atom. The Balaban J connectivity index is 1.78. The molecule has 0 heterocycles. The van der Waals surface area contributed by atoms with Gasteiger partial charge in [0.15, 0.2) is 0 Å². The van der Waals surface area contributed by atoms with Crippen molar-refractivity contribution in [3.05, 3.63) is 89.2 Å². The monoisotopic (exact) mass is 407 g/mol. The summed E-state index contributed by atoms with van der Waals surface area (Å²) < 4.78 is 40.6. The molecule has 134 valence electrons. The van der Waals surface area contributed by atoms with Crippen LogP contribution in [0.3, 0.4) is 0 Å². The summed E-state index contributed by atoms with van der Waals surface area (Å²) in [6, 6.07) is 19.4. The maximum absolute atomic E-state index is 13.0. The molecular weight excluding hydrogens is 393 g/mol. The largest absolute Gasteiger partial charge is 0.278 e. The van der Waals surface area contributed by atoms with E-state index in [2.05, 4.69) is 4.72 Å². The number of para-hydroxylation sites is 1. The first-order valence-electron chi connectivity index (χ1n) is 7.69. The van der Waals surface area contributed by atoms with Crippen molar-refractivity contribution in [2.75, 3.05) is 4.72 Å². The molecule has 0 radical (unpaired) electrons. The lowest BCUT2D eigenvalue weighted by Crippen LogP contribution is -2.13. The first kappa shape index (κ1) is 18.8. The summed E-state index contributed by atoms with van der Waals surface area (Å²) in [4.78, 5) is 0.810. The Morgan fingerprint density at radius 3 is 2.27 bits per heavy atom. The fourth-order valence-corrected chi connectivity index (χ4v) is 4.47. The van der Waals surface area contributed by atoms with Gasteiger partial charge in [-0.3, -0.25) is 4.72 Å². The molecule has 0 aliphatic rings. The van der Waals surface area contributed by atoms with Crippen molar-refractivity contribution in [2.24, 2.45) is 0 Å². The number of hydrogen-bond acceptors (Lipinski definition) is 3. The summed E-state index contributed by atoms with van der Waals surface area (Å²) in [5, 5.41) is 0.672. The number of nitrogens with one attached hydrogen (secondary N) is 1. The maximum atomic E-state index is 13.0. The highest BCUT2D eigenvalue weighted by Crippen LogP contribution is 2.31. The van der Waals surface area contributed by atoms with Gasteiger partial charge in [0.05, 0.1) is 10.6 Å². The minimum Gasteiger partial charge on any atom is -0.278 e. The fourth-order valence-electron chi connectivity index (χ4n) is 2.24. The molecular formula is C19H15ClFNO2S2. The van der Waals surface area contributed by atoms with Crippen LogP contribution in [0.25, 0.3) is 0 Å². The van der Waals surface area contributed by atoms with Gasteiger partial charge in [-0.2, -0.15) is 0 Å². The van der Waals surface area contributed by atoms with Crippen LogP contribution in [0.2, 0.25) is 5.02 Å². The van der Waals surface area contributed by atoms with E-state index in [0.29, 0.717) is 16.5 Å². The second kappa shape index (κ2) is 8.12. The third kappa shape index (κ3) is 4.78. The van der Waals surface area contributed by atoms with Gasteiger partial charge >= 0.3 is 0 Å². The molecule has 0 aliphatic heterocycles. The predicted molar refractivity (Wildman–Crippen MR) is 105 cm³/mol. The molecule has 0 amide bonds. The van der Waals surface area contributed by atoms with Crippen LogP contribution in [0.5, 0.6) is 0 Å². The lowest BCUT2D eigenvalue weighted by Gasteiger charge is -2.12. The zero-order chi connectivity index (χ0) is 18.6. The topological polar surface area (TPSA) is 46.2 Å². The summed E-state index contributed by atoms with van der Waals surface area (Å²) in [6.45, 7) is 0. The lowest BCUT2D eigenvalue weighted by molar-refractivity contribution is 0.599. The van der Waals surface area contributed by atoms with Crippen LogP contribution in [0.4, 0.5) is 10.1 Å². The van der Waals surface area contributed by atoms with E-state index in [9.17, 15) is 12.8 Å². The predicted octanol–water partition coefficient (Wildman–Crippen LogP) is 5.57. The molecule has 0 unspecified atom stereocenters. The van der Waals surface area contributed by atoms with E-state index in [1.807, 2.05) is 36.4 Å². The van der Waals surface area contributed by atoms with Crippen LogP contribution >= 0.6 is 23.4 Å². The van der Waals surface area contributed by atoms with Gasteiger partial charge in [-0.15, -0.1) is 11.8 Å². The number of benzene rings is 3. The average molecular weight is 408 g/mol. The van der Waals surface area contributed by atoms with E-state index in [0.717, 1.165) is 22.6 Å². The van der Waals surface area contributed by atoms with E-state index in [-0.39, 0.29) is 4.90 Å². The molecule has 0 atom stereocenters. The number of hydrogen-bond donors (Lipinski definition) is 1. The molecule has 0 aromatic heterocycles. The molecule has 0 saturated carbocycles. The average Bonchev–Trinajstić information content (AvgIpc) is 2.62. The van der Waals surface area contributed by atoms with E-state index in [1.165, 1.54) is 23.9 Å². The van der Waals surface area contributed by atoms with Crippen LogP contribution in [0.15, 0.2) is 82.6 Å². The van der Waals surface area contributed by atoms with Crippen molar-refractivity contribution < 1.29 is 12.8 Å². The molecule has 3 rings (SSSR count). The number of anilines is 1. The Labute approximate surface area is 161 Å². The van der Waals surface area contributed by atoms with Crippen molar-refractivity contribution in [1.29, 1.82) is 0 Å². The van der Waals surface area contributed by atoms with Gasteiger partial charge in [0.1, 0.15) is 5.82 Å². The maximum Gasteiger partial charge on any atom is 0.261 e. The van der Waals surface area contributed by atoms with Crippen molar-refractivity contribution in [3.63, 3.8) is 0 Å². The highest BCUT2D eigenvalue weighted by Gasteiger charge is 2.16. The second-order valence-corrected chi connectivity index (χ2v) is 8.61. The van der Waals surface area contributed by atoms with Crippen LogP contribution < -0.4 is 4.72 Å². The molecule has 0 saturated heterocycles. The van der Waals surface area contributed by atoms with Gasteiger partial charge in [-0.05, 0) is 54.1 Å². The van der Waals surface area contributed by atoms with Gasteiger partial charge in [-0.1, -0.05) is 35.9 Å². The molecule has 1 N–H and O–H groups in total. The van der Waals surface area contributed by atoms with Crippen molar-refractivity contribution in [3.8, 4) is 0 Å². The van der Waals surface area contributed by atoms with Gasteiger partial charge in [0.2, 0.25) is 0 Å². The molecule has 0 bridgehead atoms. The third-order valence-corrected chi connectivity index (χ3v) is 6.34. The minimum atomic E-state index is -3.79. The standard InChI is InChI=1S/C19H15ClFNO2S2/c20-15-7-5-14(6-8-15)13-25-19-4-2-1-3-18(19)22-26(23,24)17-11-9-16(21)10-12-17/h1-12,22H,13H2. The van der Waals surface area contributed by atoms with E-state index < -0.39 is 15.8 Å². The first-order chi connectivity index (χ1) is 12.4. The zero-order valence-corrected chi connectivity index (χ0v) is 15.9. The SMILES string of the molecule is O=S(=O)(Nc1ccccc1SCc1ccc(Cl)cc1)c1ccc(F)cc1. The zero-order valence-electron chi connectivity index (χ0n) is 13.5. The molecule has 3 nitrogen and oxygen atoms in total. The van der Waals surface area contributed by atoms with Crippen LogP contribution in [0.1, 0.15) is 5.56 Å². The summed E-state index contributed by atoms with van der Waals surface area (Å²) in [6.07, 6.45) is 0. The summed E-state index contributed by atoms with van der Waals surface area (Å²) in [7, 11) is -3.79. The van der Waals surface area contributed by atoms with Crippen LogP contribution in [0, 0.1) is 5.82 Å². The second-order valence-electron chi connectivity index (χ2n) is 5.47. The minimum absolute atomic E-state index is 0.0106. The molecule has 0 fully saturated rings. The van der Waals surface area contributed by atoms with Gasteiger partial charge in [0, 0.05) is 15.7 Å². The summed E-state index contributed by atoms with van der Waals surface area (Å²) in [5.41, 5.74) is 1.56.